The molecule has 2 heteroatoms. The number of halogens is 1. The third-order valence-electron chi connectivity index (χ3n) is 3.53. The second kappa shape index (κ2) is 4.11. The minimum absolute atomic E-state index is 0.197. The van der Waals surface area contributed by atoms with Gasteiger partial charge in [-0.15, -0.1) is 0 Å². The van der Waals surface area contributed by atoms with Crippen LogP contribution in [0.2, 0.25) is 5.02 Å². The molecule has 0 heterocycles. The smallest absolute Gasteiger partial charge is 0.0669 e. The Morgan fingerprint density at radius 1 is 1.44 bits per heavy atom. The van der Waals surface area contributed by atoms with Gasteiger partial charge in [-0.05, 0) is 53.5 Å². The van der Waals surface area contributed by atoms with Crippen LogP contribution in [-0.4, -0.2) is 0 Å². The average Bonchev–Trinajstić information content (AvgIpc) is 2.19. The van der Waals surface area contributed by atoms with Gasteiger partial charge in [0.2, 0.25) is 0 Å². The van der Waals surface area contributed by atoms with Crippen LogP contribution in [0.1, 0.15) is 43.4 Å². The van der Waals surface area contributed by atoms with Gasteiger partial charge in [0.05, 0.1) is 12.5 Å². The normalized spacial score (nSPS) is 17.6. The van der Waals surface area contributed by atoms with Gasteiger partial charge < -0.3 is 0 Å². The summed E-state index contributed by atoms with van der Waals surface area (Å²) in [5, 5.41) is 9.61. The lowest BCUT2D eigenvalue weighted by Gasteiger charge is -2.33. The standard InChI is InChI=1S/C14H16ClN/c1-14(2)6-3-4-12-10(5-7-16)8-11(15)9-13(12)14/h8-9H,3-6H2,1-2H3. The summed E-state index contributed by atoms with van der Waals surface area (Å²) < 4.78 is 0. The van der Waals surface area contributed by atoms with Crippen LogP contribution in [0.5, 0.6) is 0 Å². The van der Waals surface area contributed by atoms with Crippen molar-refractivity contribution in [2.24, 2.45) is 0 Å². The summed E-state index contributed by atoms with van der Waals surface area (Å²) in [6, 6.07) is 6.26. The fourth-order valence-corrected chi connectivity index (χ4v) is 2.92. The molecule has 0 aliphatic heterocycles. The van der Waals surface area contributed by atoms with Crippen LogP contribution in [0.3, 0.4) is 0 Å². The highest BCUT2D eigenvalue weighted by molar-refractivity contribution is 6.30. The molecular formula is C14H16ClN. The molecule has 0 bridgehead atoms. The lowest BCUT2D eigenvalue weighted by Crippen LogP contribution is -2.24. The second-order valence-electron chi connectivity index (χ2n) is 5.16. The van der Waals surface area contributed by atoms with Crippen molar-refractivity contribution >= 4 is 11.6 Å². The van der Waals surface area contributed by atoms with E-state index in [-0.39, 0.29) is 5.41 Å². The monoisotopic (exact) mass is 233 g/mol. The van der Waals surface area contributed by atoms with Gasteiger partial charge in [-0.1, -0.05) is 25.4 Å². The first-order valence-corrected chi connectivity index (χ1v) is 6.11. The van der Waals surface area contributed by atoms with Crippen LogP contribution in [-0.2, 0) is 18.3 Å². The van der Waals surface area contributed by atoms with Gasteiger partial charge in [-0.3, -0.25) is 0 Å². The Morgan fingerprint density at radius 3 is 2.88 bits per heavy atom. The summed E-state index contributed by atoms with van der Waals surface area (Å²) in [7, 11) is 0. The van der Waals surface area contributed by atoms with Crippen LogP contribution < -0.4 is 0 Å². The van der Waals surface area contributed by atoms with Crippen LogP contribution in [0, 0.1) is 11.3 Å². The molecule has 0 unspecified atom stereocenters. The molecule has 0 saturated carbocycles. The van der Waals surface area contributed by atoms with Crippen LogP contribution >= 0.6 is 11.6 Å². The highest BCUT2D eigenvalue weighted by atomic mass is 35.5. The number of nitriles is 1. The summed E-state index contributed by atoms with van der Waals surface area (Å²) in [5.41, 5.74) is 4.03. The molecule has 0 fully saturated rings. The molecule has 2 rings (SSSR count). The van der Waals surface area contributed by atoms with Crippen molar-refractivity contribution in [1.29, 1.82) is 5.26 Å². The topological polar surface area (TPSA) is 23.8 Å². The molecule has 1 aliphatic carbocycles. The molecule has 1 aromatic rings. The molecule has 1 nitrogen and oxygen atoms in total. The van der Waals surface area contributed by atoms with E-state index in [1.54, 1.807) is 0 Å². The Balaban J connectivity index is 2.60. The van der Waals surface area contributed by atoms with E-state index < -0.39 is 0 Å². The molecule has 0 saturated heterocycles. The van der Waals surface area contributed by atoms with Gasteiger partial charge >= 0.3 is 0 Å². The number of fused-ring (bicyclic) bond motifs is 1. The molecule has 0 atom stereocenters. The molecule has 0 spiro atoms. The predicted molar refractivity (Wildman–Crippen MR) is 66.7 cm³/mol. The number of hydrogen-bond donors (Lipinski definition) is 0. The number of rotatable bonds is 1. The van der Waals surface area contributed by atoms with Gasteiger partial charge in [0.25, 0.3) is 0 Å². The Hall–Kier alpha value is -1.00. The molecule has 0 amide bonds. The minimum atomic E-state index is 0.197. The summed E-state index contributed by atoms with van der Waals surface area (Å²) >= 11 is 6.14. The molecule has 0 radical (unpaired) electrons. The first-order chi connectivity index (χ1) is 7.54. The van der Waals surface area contributed by atoms with E-state index in [9.17, 15) is 0 Å². The lowest BCUT2D eigenvalue weighted by atomic mass is 9.71. The van der Waals surface area contributed by atoms with E-state index in [2.05, 4.69) is 26.0 Å². The second-order valence-corrected chi connectivity index (χ2v) is 5.60. The Bertz CT molecular complexity index is 455. The van der Waals surface area contributed by atoms with Crippen molar-refractivity contribution in [3.05, 3.63) is 33.8 Å². The van der Waals surface area contributed by atoms with E-state index in [1.807, 2.05) is 6.07 Å². The zero-order valence-electron chi connectivity index (χ0n) is 9.81. The Morgan fingerprint density at radius 2 is 2.19 bits per heavy atom. The van der Waals surface area contributed by atoms with Crippen molar-refractivity contribution in [2.45, 2.75) is 44.9 Å². The van der Waals surface area contributed by atoms with Crippen molar-refractivity contribution < 1.29 is 0 Å². The van der Waals surface area contributed by atoms with E-state index in [1.165, 1.54) is 24.0 Å². The first-order valence-electron chi connectivity index (χ1n) is 5.73. The van der Waals surface area contributed by atoms with Gasteiger partial charge in [-0.2, -0.15) is 5.26 Å². The molecule has 84 valence electrons. The zero-order valence-corrected chi connectivity index (χ0v) is 10.6. The summed E-state index contributed by atoms with van der Waals surface area (Å²) in [6.07, 6.45) is 3.97. The summed E-state index contributed by atoms with van der Waals surface area (Å²) in [4.78, 5) is 0. The fourth-order valence-electron chi connectivity index (χ4n) is 2.68. The fraction of sp³-hybridized carbons (Fsp3) is 0.500. The van der Waals surface area contributed by atoms with Gasteiger partial charge in [0, 0.05) is 5.02 Å². The molecular weight excluding hydrogens is 218 g/mol. The zero-order chi connectivity index (χ0) is 11.8. The SMILES string of the molecule is CC1(C)CCCc2c(CC#N)cc(Cl)cc21. The number of benzene rings is 1. The molecule has 1 aliphatic rings. The highest BCUT2D eigenvalue weighted by Crippen LogP contribution is 2.39. The lowest BCUT2D eigenvalue weighted by molar-refractivity contribution is 0.430. The minimum Gasteiger partial charge on any atom is -0.198 e. The maximum absolute atomic E-state index is 8.85. The van der Waals surface area contributed by atoms with Crippen LogP contribution in [0.4, 0.5) is 0 Å². The van der Waals surface area contributed by atoms with Crippen molar-refractivity contribution in [3.8, 4) is 6.07 Å². The highest BCUT2D eigenvalue weighted by Gasteiger charge is 2.28. The quantitative estimate of drug-likeness (QED) is 0.719. The van der Waals surface area contributed by atoms with Crippen LogP contribution in [0.15, 0.2) is 12.1 Å². The van der Waals surface area contributed by atoms with E-state index >= 15 is 0 Å². The van der Waals surface area contributed by atoms with Crippen molar-refractivity contribution in [3.63, 3.8) is 0 Å². The van der Waals surface area contributed by atoms with Gasteiger partial charge in [0.15, 0.2) is 0 Å². The number of nitrogens with zero attached hydrogens (tertiary/aromatic N) is 1. The maximum Gasteiger partial charge on any atom is 0.0669 e. The average molecular weight is 234 g/mol. The third kappa shape index (κ3) is 1.95. The van der Waals surface area contributed by atoms with Gasteiger partial charge in [0.1, 0.15) is 0 Å². The molecule has 16 heavy (non-hydrogen) atoms. The third-order valence-corrected chi connectivity index (χ3v) is 3.75. The molecule has 1 aromatic carbocycles. The first kappa shape index (κ1) is 11.5. The van der Waals surface area contributed by atoms with Gasteiger partial charge in [-0.25, -0.2) is 0 Å². The maximum atomic E-state index is 8.85. The summed E-state index contributed by atoms with van der Waals surface area (Å²) in [5.74, 6) is 0. The van der Waals surface area contributed by atoms with E-state index in [0.29, 0.717) is 6.42 Å². The van der Waals surface area contributed by atoms with E-state index in [0.717, 1.165) is 17.0 Å². The van der Waals surface area contributed by atoms with Crippen molar-refractivity contribution in [1.82, 2.24) is 0 Å². The molecule has 0 N–H and O–H groups in total. The van der Waals surface area contributed by atoms with Crippen LogP contribution in [0.25, 0.3) is 0 Å². The van der Waals surface area contributed by atoms with E-state index in [4.69, 9.17) is 16.9 Å². The summed E-state index contributed by atoms with van der Waals surface area (Å²) in [6.45, 7) is 4.52. The molecule has 0 aromatic heterocycles. The number of hydrogen-bond acceptors (Lipinski definition) is 1. The predicted octanol–water partition coefficient (Wildman–Crippen LogP) is 4.02. The largest absolute Gasteiger partial charge is 0.198 e. The Kier molecular flexibility index (Phi) is 2.95. The Labute approximate surface area is 102 Å². The van der Waals surface area contributed by atoms with Crippen molar-refractivity contribution in [2.75, 3.05) is 0 Å².